The van der Waals surface area contributed by atoms with E-state index in [-0.39, 0.29) is 24.1 Å². The van der Waals surface area contributed by atoms with Gasteiger partial charge in [0.15, 0.2) is 0 Å². The van der Waals surface area contributed by atoms with Crippen LogP contribution in [-0.2, 0) is 14.3 Å². The molecule has 33 heavy (non-hydrogen) atoms. The largest absolute Gasteiger partial charge is 0.444 e. The van der Waals surface area contributed by atoms with Crippen molar-refractivity contribution in [2.24, 2.45) is 5.92 Å². The van der Waals surface area contributed by atoms with Crippen molar-refractivity contribution in [1.29, 1.82) is 5.41 Å². The van der Waals surface area contributed by atoms with Crippen molar-refractivity contribution in [1.82, 2.24) is 10.2 Å². The molecule has 1 aromatic carbocycles. The van der Waals surface area contributed by atoms with Crippen LogP contribution in [-0.4, -0.2) is 54.3 Å². The molecular weight excluding hydrogens is 420 g/mol. The number of rotatable bonds is 4. The van der Waals surface area contributed by atoms with Gasteiger partial charge in [0.1, 0.15) is 5.60 Å². The maximum absolute atomic E-state index is 12.3. The number of carbonyl (C=O) groups excluding carboxylic acids is 3. The van der Waals surface area contributed by atoms with Crippen LogP contribution in [0.15, 0.2) is 18.2 Å². The predicted octanol–water partition coefficient (Wildman–Crippen LogP) is 4.29. The smallest absolute Gasteiger partial charge is 0.410 e. The van der Waals surface area contributed by atoms with E-state index in [2.05, 4.69) is 10.6 Å². The van der Waals surface area contributed by atoms with Gasteiger partial charge in [0.25, 0.3) is 0 Å². The molecule has 0 aliphatic carbocycles. The van der Waals surface area contributed by atoms with Gasteiger partial charge in [-0.05, 0) is 57.6 Å². The lowest BCUT2D eigenvalue weighted by Gasteiger charge is -2.34. The quantitative estimate of drug-likeness (QED) is 0.460. The first kappa shape index (κ1) is 26.4. The van der Waals surface area contributed by atoms with Crippen LogP contribution in [0.5, 0.6) is 0 Å². The van der Waals surface area contributed by atoms with Gasteiger partial charge in [-0.2, -0.15) is 0 Å². The maximum atomic E-state index is 12.3. The van der Waals surface area contributed by atoms with E-state index in [4.69, 9.17) is 10.1 Å². The summed E-state index contributed by atoms with van der Waals surface area (Å²) in [4.78, 5) is 37.6. The van der Waals surface area contributed by atoms with Crippen molar-refractivity contribution < 1.29 is 19.1 Å². The van der Waals surface area contributed by atoms with Gasteiger partial charge in [0.05, 0.1) is 11.6 Å². The van der Waals surface area contributed by atoms with E-state index in [0.717, 1.165) is 24.1 Å². The van der Waals surface area contributed by atoms with Gasteiger partial charge in [0, 0.05) is 37.8 Å². The van der Waals surface area contributed by atoms with Gasteiger partial charge in [-0.1, -0.05) is 26.0 Å². The highest BCUT2D eigenvalue weighted by Crippen LogP contribution is 2.32. The van der Waals surface area contributed by atoms with E-state index < -0.39 is 17.4 Å². The lowest BCUT2D eigenvalue weighted by molar-refractivity contribution is -0.134. The number of piperidine rings is 2. The van der Waals surface area contributed by atoms with Gasteiger partial charge in [-0.3, -0.25) is 14.9 Å². The number of ether oxygens (including phenoxy) is 1. The molecule has 0 radical (unpaired) electrons. The van der Waals surface area contributed by atoms with E-state index in [1.54, 1.807) is 11.9 Å². The first-order valence-corrected chi connectivity index (χ1v) is 11.8. The number of amides is 3. The first-order chi connectivity index (χ1) is 15.6. The summed E-state index contributed by atoms with van der Waals surface area (Å²) in [5.41, 5.74) is 2.33. The van der Waals surface area contributed by atoms with E-state index in [0.29, 0.717) is 31.0 Å². The Bertz CT molecular complexity index is 883. The fourth-order valence-electron chi connectivity index (χ4n) is 4.14. The standard InChI is InChI=1S/C23H32N4O4.C2H6/c1-23(2,3)31-22(30)27-11-9-14(10-12-27)15-5-6-16(18(13-15)25-4)20(24)17-7-8-19(28)26-21(17)29;1-2/h5-6,13-14,17,24-25H,7-12H2,1-4H3,(H,26,28,29);1-2H3. The second kappa shape index (κ2) is 11.3. The first-order valence-electron chi connectivity index (χ1n) is 11.8. The minimum atomic E-state index is -0.618. The monoisotopic (exact) mass is 458 g/mol. The highest BCUT2D eigenvalue weighted by Gasteiger charge is 2.32. The minimum Gasteiger partial charge on any atom is -0.444 e. The normalized spacial score (nSPS) is 19.2. The summed E-state index contributed by atoms with van der Waals surface area (Å²) in [7, 11) is 1.80. The molecule has 182 valence electrons. The molecule has 0 aromatic heterocycles. The Labute approximate surface area is 197 Å². The van der Waals surface area contributed by atoms with Crippen LogP contribution in [0.4, 0.5) is 10.5 Å². The lowest BCUT2D eigenvalue weighted by Crippen LogP contribution is -2.44. The van der Waals surface area contributed by atoms with Crippen molar-refractivity contribution in [3.8, 4) is 0 Å². The van der Waals surface area contributed by atoms with E-state index in [1.807, 2.05) is 52.8 Å². The summed E-state index contributed by atoms with van der Waals surface area (Å²) in [6, 6.07) is 5.92. The van der Waals surface area contributed by atoms with E-state index in [1.165, 1.54) is 0 Å². The molecule has 1 aromatic rings. The van der Waals surface area contributed by atoms with Crippen molar-refractivity contribution >= 4 is 29.3 Å². The fraction of sp³-hybridized carbons (Fsp3) is 0.600. The van der Waals surface area contributed by atoms with Crippen LogP contribution >= 0.6 is 0 Å². The molecule has 0 bridgehead atoms. The van der Waals surface area contributed by atoms with Crippen molar-refractivity contribution in [3.63, 3.8) is 0 Å². The molecule has 3 rings (SSSR count). The van der Waals surface area contributed by atoms with E-state index in [9.17, 15) is 14.4 Å². The van der Waals surface area contributed by atoms with Crippen LogP contribution < -0.4 is 10.6 Å². The summed E-state index contributed by atoms with van der Waals surface area (Å²) in [5, 5.41) is 14.0. The van der Waals surface area contributed by atoms with Crippen LogP contribution in [0.2, 0.25) is 0 Å². The molecule has 3 amide bonds. The second-order valence-corrected chi connectivity index (χ2v) is 9.21. The van der Waals surface area contributed by atoms with Crippen LogP contribution in [0, 0.1) is 11.3 Å². The van der Waals surface area contributed by atoms with Crippen molar-refractivity contribution in [2.45, 2.75) is 71.8 Å². The summed E-state index contributed by atoms with van der Waals surface area (Å²) in [6.45, 7) is 10.9. The highest BCUT2D eigenvalue weighted by molar-refractivity contribution is 6.17. The number of imide groups is 1. The number of anilines is 1. The molecule has 0 saturated carbocycles. The zero-order chi connectivity index (χ0) is 24.8. The maximum Gasteiger partial charge on any atom is 0.410 e. The summed E-state index contributed by atoms with van der Waals surface area (Å²) in [6.07, 6.45) is 2.02. The molecule has 2 fully saturated rings. The molecule has 2 saturated heterocycles. The predicted molar refractivity (Wildman–Crippen MR) is 130 cm³/mol. The number of hydrogen-bond acceptors (Lipinski definition) is 6. The Morgan fingerprint density at radius 1 is 1.15 bits per heavy atom. The summed E-state index contributed by atoms with van der Waals surface area (Å²) < 4.78 is 5.47. The molecule has 8 heteroatoms. The third-order valence-electron chi connectivity index (χ3n) is 5.81. The Morgan fingerprint density at radius 2 is 1.79 bits per heavy atom. The molecule has 1 atom stereocenters. The minimum absolute atomic E-state index is 0.223. The number of benzene rings is 1. The van der Waals surface area contributed by atoms with Gasteiger partial charge in [-0.25, -0.2) is 4.79 Å². The molecule has 3 N–H and O–H groups in total. The number of nitrogens with one attached hydrogen (secondary N) is 3. The molecule has 1 unspecified atom stereocenters. The molecular formula is C25H38N4O4. The molecule has 2 aliphatic rings. The summed E-state index contributed by atoms with van der Waals surface area (Å²) in [5.74, 6) is -0.991. The molecule has 2 heterocycles. The van der Waals surface area contributed by atoms with Gasteiger partial charge in [0.2, 0.25) is 11.8 Å². The second-order valence-electron chi connectivity index (χ2n) is 9.21. The molecule has 8 nitrogen and oxygen atoms in total. The SMILES string of the molecule is CC.CNc1cc(C2CCN(C(=O)OC(C)(C)C)CC2)ccc1C(=N)C1CCC(=O)NC1=O. The van der Waals surface area contributed by atoms with Crippen LogP contribution in [0.1, 0.15) is 77.3 Å². The zero-order valence-electron chi connectivity index (χ0n) is 20.7. The van der Waals surface area contributed by atoms with Crippen LogP contribution in [0.3, 0.4) is 0 Å². The number of hydrogen-bond donors (Lipinski definition) is 3. The topological polar surface area (TPSA) is 112 Å². The molecule has 0 spiro atoms. The Balaban J connectivity index is 0.00000187. The molecule has 2 aliphatic heterocycles. The van der Waals surface area contributed by atoms with Crippen molar-refractivity contribution in [2.75, 3.05) is 25.5 Å². The highest BCUT2D eigenvalue weighted by atomic mass is 16.6. The number of nitrogens with zero attached hydrogens (tertiary/aromatic N) is 1. The number of carbonyl (C=O) groups is 3. The Kier molecular flexibility index (Phi) is 9.02. The van der Waals surface area contributed by atoms with E-state index >= 15 is 0 Å². The third-order valence-corrected chi connectivity index (χ3v) is 5.81. The average molecular weight is 459 g/mol. The number of likely N-dealkylation sites (tertiary alicyclic amines) is 1. The van der Waals surface area contributed by atoms with Crippen molar-refractivity contribution in [3.05, 3.63) is 29.3 Å². The lowest BCUT2D eigenvalue weighted by atomic mass is 9.85. The van der Waals surface area contributed by atoms with Gasteiger partial charge >= 0.3 is 6.09 Å². The summed E-state index contributed by atoms with van der Waals surface area (Å²) >= 11 is 0. The Hall–Kier alpha value is -2.90. The average Bonchev–Trinajstić information content (AvgIpc) is 2.78. The fourth-order valence-corrected chi connectivity index (χ4v) is 4.14. The Morgan fingerprint density at radius 3 is 2.33 bits per heavy atom. The van der Waals surface area contributed by atoms with Gasteiger partial charge < -0.3 is 20.4 Å². The van der Waals surface area contributed by atoms with Gasteiger partial charge in [-0.15, -0.1) is 0 Å². The van der Waals surface area contributed by atoms with Crippen LogP contribution in [0.25, 0.3) is 0 Å². The zero-order valence-corrected chi connectivity index (χ0v) is 20.7. The third kappa shape index (κ3) is 6.79.